The standard InChI is InChI=1S/C21H26BrNO3.Na/c1-3-14-8-12(2)9-16(22)17(14)18-19(24)21(23-20(18)25)7-6-15(10-21)26-11-13-4-5-13;/h8-9,13,15,24H,3-7,10-11H2,1-2H3,(H,23,25);/q;+1/p-1/t15-,21+;/m1./s1. The number of amides is 1. The Morgan fingerprint density at radius 2 is 2.07 bits per heavy atom. The van der Waals surface area contributed by atoms with Crippen molar-refractivity contribution in [3.8, 4) is 0 Å². The van der Waals surface area contributed by atoms with Gasteiger partial charge in [-0.25, -0.2) is 0 Å². The first kappa shape index (κ1) is 21.4. The average Bonchev–Trinajstić information content (AvgIpc) is 3.29. The smallest absolute Gasteiger partial charge is 0.873 e. The number of ether oxygens (including phenoxy) is 1. The number of nitrogens with one attached hydrogen (secondary N) is 1. The number of hydrogen-bond donors (Lipinski definition) is 1. The molecule has 27 heavy (non-hydrogen) atoms. The van der Waals surface area contributed by atoms with Crippen LogP contribution in [0.15, 0.2) is 22.4 Å². The molecule has 1 spiro atoms. The van der Waals surface area contributed by atoms with E-state index in [1.807, 2.05) is 13.0 Å². The van der Waals surface area contributed by atoms with Gasteiger partial charge in [0.05, 0.1) is 11.6 Å². The number of rotatable bonds is 5. The molecule has 4 rings (SSSR count). The second-order valence-electron chi connectivity index (χ2n) is 8.02. The molecule has 2 atom stereocenters. The Morgan fingerprint density at radius 3 is 2.74 bits per heavy atom. The van der Waals surface area contributed by atoms with Crippen molar-refractivity contribution in [3.05, 3.63) is 39.1 Å². The molecule has 1 aliphatic heterocycles. The first-order chi connectivity index (χ1) is 12.4. The van der Waals surface area contributed by atoms with Crippen LogP contribution in [0, 0.1) is 12.8 Å². The molecule has 1 N–H and O–H groups in total. The van der Waals surface area contributed by atoms with E-state index in [0.29, 0.717) is 24.3 Å². The van der Waals surface area contributed by atoms with Gasteiger partial charge in [-0.1, -0.05) is 34.7 Å². The fourth-order valence-corrected chi connectivity index (χ4v) is 5.11. The monoisotopic (exact) mass is 441 g/mol. The summed E-state index contributed by atoms with van der Waals surface area (Å²) in [4.78, 5) is 12.8. The van der Waals surface area contributed by atoms with E-state index in [1.165, 1.54) is 12.8 Å². The predicted molar refractivity (Wildman–Crippen MR) is 102 cm³/mol. The summed E-state index contributed by atoms with van der Waals surface area (Å²) in [7, 11) is 0. The maximum absolute atomic E-state index is 13.3. The van der Waals surface area contributed by atoms with Crippen LogP contribution in [0.25, 0.3) is 5.57 Å². The summed E-state index contributed by atoms with van der Waals surface area (Å²) in [6.07, 6.45) is 5.47. The zero-order chi connectivity index (χ0) is 18.5. The largest absolute Gasteiger partial charge is 1.00 e. The Kier molecular flexibility index (Phi) is 6.49. The second kappa shape index (κ2) is 8.19. The van der Waals surface area contributed by atoms with Crippen LogP contribution >= 0.6 is 15.9 Å². The van der Waals surface area contributed by atoms with E-state index in [4.69, 9.17) is 4.74 Å². The first-order valence-electron chi connectivity index (χ1n) is 9.59. The van der Waals surface area contributed by atoms with Gasteiger partial charge in [-0.05, 0) is 68.6 Å². The van der Waals surface area contributed by atoms with E-state index in [1.54, 1.807) is 0 Å². The number of aryl methyl sites for hydroxylation is 2. The normalized spacial score (nSPS) is 27.2. The van der Waals surface area contributed by atoms with Gasteiger partial charge in [-0.15, -0.1) is 0 Å². The third-order valence-corrected chi connectivity index (χ3v) is 6.55. The molecule has 2 aliphatic carbocycles. The molecule has 0 saturated heterocycles. The molecular weight excluding hydrogens is 417 g/mol. The molecule has 3 aliphatic rings. The van der Waals surface area contributed by atoms with Crippen molar-refractivity contribution in [3.63, 3.8) is 0 Å². The summed E-state index contributed by atoms with van der Waals surface area (Å²) in [6.45, 7) is 4.87. The van der Waals surface area contributed by atoms with E-state index < -0.39 is 5.54 Å². The van der Waals surface area contributed by atoms with Crippen LogP contribution < -0.4 is 40.0 Å². The summed E-state index contributed by atoms with van der Waals surface area (Å²) in [6, 6.07) is 4.04. The maximum Gasteiger partial charge on any atom is 1.00 e. The molecule has 0 aromatic heterocycles. The zero-order valence-electron chi connectivity index (χ0n) is 16.4. The summed E-state index contributed by atoms with van der Waals surface area (Å²) >= 11 is 3.58. The zero-order valence-corrected chi connectivity index (χ0v) is 19.9. The summed E-state index contributed by atoms with van der Waals surface area (Å²) in [5.41, 5.74) is 2.46. The quantitative estimate of drug-likeness (QED) is 0.665. The van der Waals surface area contributed by atoms with Crippen molar-refractivity contribution in [2.45, 2.75) is 64.0 Å². The Labute approximate surface area is 191 Å². The predicted octanol–water partition coefficient (Wildman–Crippen LogP) is 0.243. The van der Waals surface area contributed by atoms with Crippen LogP contribution in [0.4, 0.5) is 0 Å². The van der Waals surface area contributed by atoms with E-state index >= 15 is 0 Å². The Bertz CT molecular complexity index is 790. The van der Waals surface area contributed by atoms with Gasteiger partial charge in [-0.3, -0.25) is 4.79 Å². The Hall–Kier alpha value is -0.330. The maximum atomic E-state index is 13.3. The van der Waals surface area contributed by atoms with Gasteiger partial charge in [0, 0.05) is 22.2 Å². The van der Waals surface area contributed by atoms with Crippen molar-refractivity contribution in [1.82, 2.24) is 5.32 Å². The van der Waals surface area contributed by atoms with E-state index in [0.717, 1.165) is 40.6 Å². The molecule has 140 valence electrons. The molecule has 0 bridgehead atoms. The molecule has 4 nitrogen and oxygen atoms in total. The van der Waals surface area contributed by atoms with Gasteiger partial charge in [0.25, 0.3) is 5.91 Å². The minimum atomic E-state index is -0.768. The average molecular weight is 442 g/mol. The second-order valence-corrected chi connectivity index (χ2v) is 8.87. The van der Waals surface area contributed by atoms with Crippen LogP contribution in [-0.2, 0) is 16.0 Å². The van der Waals surface area contributed by atoms with E-state index in [2.05, 4.69) is 34.2 Å². The summed E-state index contributed by atoms with van der Waals surface area (Å²) in [5.74, 6) is 0.412. The molecule has 1 amide bonds. The summed E-state index contributed by atoms with van der Waals surface area (Å²) in [5, 5.41) is 16.4. The molecule has 0 radical (unpaired) electrons. The van der Waals surface area contributed by atoms with Crippen molar-refractivity contribution in [2.75, 3.05) is 6.61 Å². The van der Waals surface area contributed by atoms with Gasteiger partial charge in [-0.2, -0.15) is 0 Å². The number of hydrogen-bond acceptors (Lipinski definition) is 3. The molecule has 1 aromatic rings. The molecule has 2 saturated carbocycles. The van der Waals surface area contributed by atoms with Crippen LogP contribution in [0.3, 0.4) is 0 Å². The van der Waals surface area contributed by atoms with E-state index in [9.17, 15) is 9.90 Å². The van der Waals surface area contributed by atoms with Crippen LogP contribution in [-0.4, -0.2) is 24.2 Å². The molecule has 1 heterocycles. The fraction of sp³-hybridized carbons (Fsp3) is 0.571. The third-order valence-electron chi connectivity index (χ3n) is 5.92. The van der Waals surface area contributed by atoms with Crippen LogP contribution in [0.5, 0.6) is 0 Å². The number of carbonyl (C=O) groups excluding carboxylic acids is 1. The molecule has 1 aromatic carbocycles. The molecule has 2 fully saturated rings. The van der Waals surface area contributed by atoms with Gasteiger partial charge in [0.2, 0.25) is 0 Å². The Morgan fingerprint density at radius 1 is 1.33 bits per heavy atom. The molecule has 0 unspecified atom stereocenters. The SMILES string of the molecule is CCc1cc(C)cc(Br)c1C1=C([O-])[C@@]2(CC[C@@H](OCC3CC3)C2)NC1=O.[Na+]. The molecular formula is C21H25BrNNaO3. The van der Waals surface area contributed by atoms with E-state index in [-0.39, 0.29) is 47.3 Å². The van der Waals surface area contributed by atoms with Crippen molar-refractivity contribution in [1.29, 1.82) is 0 Å². The van der Waals surface area contributed by atoms with Gasteiger partial charge < -0.3 is 15.2 Å². The van der Waals surface area contributed by atoms with Gasteiger partial charge >= 0.3 is 29.6 Å². The molecule has 6 heteroatoms. The number of carbonyl (C=O) groups is 1. The minimum absolute atomic E-state index is 0. The van der Waals surface area contributed by atoms with Gasteiger partial charge in [0.15, 0.2) is 0 Å². The van der Waals surface area contributed by atoms with Crippen LogP contribution in [0.1, 0.15) is 55.7 Å². The topological polar surface area (TPSA) is 61.4 Å². The fourth-order valence-electron chi connectivity index (χ4n) is 4.30. The minimum Gasteiger partial charge on any atom is -0.873 e. The van der Waals surface area contributed by atoms with Crippen molar-refractivity contribution >= 4 is 27.4 Å². The third kappa shape index (κ3) is 4.04. The number of halogens is 1. The van der Waals surface area contributed by atoms with Gasteiger partial charge in [0.1, 0.15) is 0 Å². The number of benzene rings is 1. The first-order valence-corrected chi connectivity index (χ1v) is 10.4. The van der Waals surface area contributed by atoms with Crippen molar-refractivity contribution < 1.29 is 44.2 Å². The Balaban J connectivity index is 0.00000210. The van der Waals surface area contributed by atoms with Crippen LogP contribution in [0.2, 0.25) is 0 Å². The van der Waals surface area contributed by atoms with Crippen molar-refractivity contribution in [2.24, 2.45) is 5.92 Å². The summed E-state index contributed by atoms with van der Waals surface area (Å²) < 4.78 is 6.82.